The third-order valence-electron chi connectivity index (χ3n) is 6.33. The number of aryl methyl sites for hydroxylation is 1. The van der Waals surface area contributed by atoms with Crippen LogP contribution in [-0.2, 0) is 14.0 Å². The number of carbonyl (C=O) groups excluding carboxylic acids is 1. The number of rotatable bonds is 2. The minimum atomic E-state index is -0.468. The third kappa shape index (κ3) is 4.80. The van der Waals surface area contributed by atoms with E-state index in [1.807, 2.05) is 25.7 Å². The van der Waals surface area contributed by atoms with Gasteiger partial charge in [-0.2, -0.15) is 0 Å². The minimum Gasteiger partial charge on any atom is -0.444 e. The molecule has 1 unspecified atom stereocenters. The quantitative estimate of drug-likeness (QED) is 0.689. The molecule has 2 aliphatic heterocycles. The number of ether oxygens (including phenoxy) is 1. The molecule has 1 amide bonds. The van der Waals surface area contributed by atoms with Gasteiger partial charge in [-0.15, -0.1) is 0 Å². The molecule has 0 spiro atoms. The summed E-state index contributed by atoms with van der Waals surface area (Å²) in [6, 6.07) is 6.46. The van der Waals surface area contributed by atoms with Crippen molar-refractivity contribution in [1.29, 1.82) is 0 Å². The molecule has 1 aromatic rings. The first kappa shape index (κ1) is 22.2. The molecule has 5 nitrogen and oxygen atoms in total. The zero-order valence-corrected chi connectivity index (χ0v) is 19.3. The molecule has 2 aliphatic rings. The molecule has 0 N–H and O–H groups in total. The Hall–Kier alpha value is -1.53. The Morgan fingerprint density at radius 1 is 1.17 bits per heavy atom. The summed E-state index contributed by atoms with van der Waals surface area (Å²) in [7, 11) is -0.350. The van der Waals surface area contributed by atoms with Gasteiger partial charge in [0.25, 0.3) is 0 Å². The Morgan fingerprint density at radius 2 is 1.79 bits per heavy atom. The monoisotopic (exact) mass is 401 g/mol. The highest BCUT2D eigenvalue weighted by molar-refractivity contribution is 6.62. The maximum Gasteiger partial charge on any atom is 0.494 e. The zero-order valence-electron chi connectivity index (χ0n) is 19.3. The van der Waals surface area contributed by atoms with E-state index in [2.05, 4.69) is 52.8 Å². The highest BCUT2D eigenvalue weighted by Gasteiger charge is 2.51. The Balaban J connectivity index is 1.73. The van der Waals surface area contributed by atoms with Crippen molar-refractivity contribution < 1.29 is 18.8 Å². The molecule has 6 heteroatoms. The van der Waals surface area contributed by atoms with Crippen LogP contribution in [0, 0.1) is 6.92 Å². The lowest BCUT2D eigenvalue weighted by Crippen LogP contribution is -2.42. The predicted octanol–water partition coefficient (Wildman–Crippen LogP) is 4.41. The molecule has 2 saturated heterocycles. The van der Waals surface area contributed by atoms with Crippen molar-refractivity contribution in [3.05, 3.63) is 29.3 Å². The Morgan fingerprint density at radius 3 is 2.34 bits per heavy atom. The Kier molecular flexibility index (Phi) is 5.83. The average Bonchev–Trinajstić information content (AvgIpc) is 2.81. The molecule has 3 rings (SSSR count). The van der Waals surface area contributed by atoms with Gasteiger partial charge in [0.15, 0.2) is 0 Å². The number of amides is 1. The lowest BCUT2D eigenvalue weighted by Gasteiger charge is -2.35. The molecule has 0 radical (unpaired) electrons. The summed E-state index contributed by atoms with van der Waals surface area (Å²) in [4.78, 5) is 14.3. The van der Waals surface area contributed by atoms with Gasteiger partial charge in [0, 0.05) is 19.0 Å². The number of hydrogen-bond donors (Lipinski definition) is 0. The number of likely N-dealkylation sites (tertiary alicyclic amines) is 1. The highest BCUT2D eigenvalue weighted by atomic mass is 16.7. The van der Waals surface area contributed by atoms with Crippen molar-refractivity contribution in [2.45, 2.75) is 91.0 Å². The van der Waals surface area contributed by atoms with E-state index in [1.54, 1.807) is 0 Å². The van der Waals surface area contributed by atoms with Gasteiger partial charge in [-0.1, -0.05) is 18.2 Å². The summed E-state index contributed by atoms with van der Waals surface area (Å²) < 4.78 is 18.0. The van der Waals surface area contributed by atoms with Crippen LogP contribution < -0.4 is 5.46 Å². The minimum absolute atomic E-state index is 0.214. The van der Waals surface area contributed by atoms with Gasteiger partial charge in [0.05, 0.1) is 11.2 Å². The van der Waals surface area contributed by atoms with E-state index in [0.29, 0.717) is 12.5 Å². The van der Waals surface area contributed by atoms with Gasteiger partial charge in [-0.3, -0.25) is 0 Å². The van der Waals surface area contributed by atoms with E-state index < -0.39 is 5.60 Å². The topological polar surface area (TPSA) is 48.0 Å². The van der Waals surface area contributed by atoms with Gasteiger partial charge < -0.3 is 18.9 Å². The van der Waals surface area contributed by atoms with Crippen molar-refractivity contribution in [1.82, 2.24) is 4.90 Å². The maximum atomic E-state index is 12.5. The number of hydrogen-bond acceptors (Lipinski definition) is 4. The molecule has 160 valence electrons. The van der Waals surface area contributed by atoms with Crippen LogP contribution >= 0.6 is 0 Å². The molecule has 0 bridgehead atoms. The van der Waals surface area contributed by atoms with Crippen molar-refractivity contribution in [3.8, 4) is 0 Å². The molecule has 0 saturated carbocycles. The van der Waals surface area contributed by atoms with E-state index >= 15 is 0 Å². The van der Waals surface area contributed by atoms with E-state index in [4.69, 9.17) is 14.0 Å². The van der Waals surface area contributed by atoms with Crippen LogP contribution in [-0.4, -0.2) is 48.0 Å². The van der Waals surface area contributed by atoms with Crippen LogP contribution in [0.1, 0.15) is 78.4 Å². The summed E-state index contributed by atoms with van der Waals surface area (Å²) in [5, 5.41) is 0. The molecule has 2 heterocycles. The standard InChI is InChI=1S/C23H36BNO4/c1-16-14-18(24-28-22(5,6)23(7,8)29-24)11-12-19(16)17-10-9-13-25(15-17)20(26)27-21(2,3)4/h11-12,14,17H,9-10,13,15H2,1-8H3. The zero-order chi connectivity index (χ0) is 21.6. The molecule has 2 fully saturated rings. The van der Waals surface area contributed by atoms with Crippen LogP contribution in [0.5, 0.6) is 0 Å². The second-order valence-corrected chi connectivity index (χ2v) is 10.5. The van der Waals surface area contributed by atoms with Crippen LogP contribution in [0.4, 0.5) is 4.79 Å². The second kappa shape index (κ2) is 7.62. The first-order valence-corrected chi connectivity index (χ1v) is 10.7. The fraction of sp³-hybridized carbons (Fsp3) is 0.696. The van der Waals surface area contributed by atoms with Gasteiger partial charge >= 0.3 is 13.2 Å². The van der Waals surface area contributed by atoms with Crippen molar-refractivity contribution >= 4 is 18.7 Å². The van der Waals surface area contributed by atoms with Crippen LogP contribution in [0.25, 0.3) is 0 Å². The van der Waals surface area contributed by atoms with Gasteiger partial charge in [-0.25, -0.2) is 4.79 Å². The van der Waals surface area contributed by atoms with Crippen LogP contribution in [0.2, 0.25) is 0 Å². The van der Waals surface area contributed by atoms with Gasteiger partial charge in [0.1, 0.15) is 5.60 Å². The molecule has 0 aliphatic carbocycles. The molecule has 29 heavy (non-hydrogen) atoms. The maximum absolute atomic E-state index is 12.5. The van der Waals surface area contributed by atoms with Crippen LogP contribution in [0.15, 0.2) is 18.2 Å². The summed E-state index contributed by atoms with van der Waals surface area (Å²) in [5.41, 5.74) is 2.39. The van der Waals surface area contributed by atoms with Crippen molar-refractivity contribution in [2.75, 3.05) is 13.1 Å². The lowest BCUT2D eigenvalue weighted by atomic mass is 9.76. The number of carbonyl (C=O) groups is 1. The highest BCUT2D eigenvalue weighted by Crippen LogP contribution is 2.37. The first-order chi connectivity index (χ1) is 13.3. The Bertz CT molecular complexity index is 753. The predicted molar refractivity (Wildman–Crippen MR) is 117 cm³/mol. The number of benzene rings is 1. The number of nitrogens with zero attached hydrogens (tertiary/aromatic N) is 1. The van der Waals surface area contributed by atoms with E-state index in [1.165, 1.54) is 11.1 Å². The van der Waals surface area contributed by atoms with E-state index in [0.717, 1.165) is 24.8 Å². The SMILES string of the molecule is Cc1cc(B2OC(C)(C)C(C)(C)O2)ccc1C1CCCN(C(=O)OC(C)(C)C)C1. The first-order valence-electron chi connectivity index (χ1n) is 10.7. The number of piperidine rings is 1. The van der Waals surface area contributed by atoms with Gasteiger partial charge in [0.2, 0.25) is 0 Å². The summed E-state index contributed by atoms with van der Waals surface area (Å²) in [5.74, 6) is 0.323. The fourth-order valence-electron chi connectivity index (χ4n) is 4.01. The third-order valence-corrected chi connectivity index (χ3v) is 6.33. The Labute approximate surface area is 176 Å². The fourth-order valence-corrected chi connectivity index (χ4v) is 4.01. The molecule has 1 atom stereocenters. The van der Waals surface area contributed by atoms with Gasteiger partial charge in [-0.05, 0) is 84.8 Å². The van der Waals surface area contributed by atoms with Crippen molar-refractivity contribution in [2.24, 2.45) is 0 Å². The van der Waals surface area contributed by atoms with E-state index in [9.17, 15) is 4.79 Å². The summed E-state index contributed by atoms with van der Waals surface area (Å²) in [6.45, 7) is 17.6. The molecular formula is C23H36BNO4. The van der Waals surface area contributed by atoms with E-state index in [-0.39, 0.29) is 24.4 Å². The normalized spacial score (nSPS) is 23.9. The molecule has 1 aromatic carbocycles. The average molecular weight is 401 g/mol. The second-order valence-electron chi connectivity index (χ2n) is 10.5. The lowest BCUT2D eigenvalue weighted by molar-refractivity contribution is 0.00578. The molecular weight excluding hydrogens is 365 g/mol. The largest absolute Gasteiger partial charge is 0.494 e. The summed E-state index contributed by atoms with van der Waals surface area (Å²) >= 11 is 0. The summed E-state index contributed by atoms with van der Waals surface area (Å²) in [6.07, 6.45) is 1.85. The van der Waals surface area contributed by atoms with Crippen molar-refractivity contribution in [3.63, 3.8) is 0 Å². The van der Waals surface area contributed by atoms with Crippen LogP contribution in [0.3, 0.4) is 0 Å². The smallest absolute Gasteiger partial charge is 0.444 e. The molecule has 0 aromatic heterocycles.